The third-order valence-corrected chi connectivity index (χ3v) is 10.9. The van der Waals surface area contributed by atoms with E-state index in [1.807, 2.05) is 0 Å². The molecule has 0 amide bonds. The third kappa shape index (κ3) is 5.50. The molecule has 1 atom stereocenters. The number of benzene rings is 9. The summed E-state index contributed by atoms with van der Waals surface area (Å²) in [6.45, 7) is 0. The number of nitrogens with zero attached hydrogens (tertiary/aromatic N) is 1. The van der Waals surface area contributed by atoms with Crippen LogP contribution in [0.15, 0.2) is 206 Å². The Labute approximate surface area is 310 Å². The van der Waals surface area contributed by atoms with E-state index in [1.54, 1.807) is 0 Å². The van der Waals surface area contributed by atoms with Gasteiger partial charge in [0.25, 0.3) is 0 Å². The number of rotatable bonds is 6. The molecule has 0 fully saturated rings. The smallest absolute Gasteiger partial charge is 0.0626 e. The fraction of sp³-hybridized carbons (Fsp3) is 0.0385. The highest BCUT2D eigenvalue weighted by Crippen LogP contribution is 2.46. The topological polar surface area (TPSA) is 3.24 Å². The molecule has 0 aromatic heterocycles. The minimum atomic E-state index is 0.247. The van der Waals surface area contributed by atoms with Gasteiger partial charge in [-0.25, -0.2) is 0 Å². The van der Waals surface area contributed by atoms with Crippen LogP contribution in [0.25, 0.3) is 71.4 Å². The molecular weight excluding hydrogens is 639 g/mol. The van der Waals surface area contributed by atoms with Crippen molar-refractivity contribution in [2.24, 2.45) is 0 Å². The molecule has 0 saturated heterocycles. The number of hydrogen-bond donors (Lipinski definition) is 0. The molecule has 250 valence electrons. The molecular formula is C52H37N. The van der Waals surface area contributed by atoms with Crippen LogP contribution in [-0.2, 0) is 0 Å². The summed E-state index contributed by atoms with van der Waals surface area (Å²) in [7, 11) is 0. The highest BCUT2D eigenvalue weighted by atomic mass is 15.2. The first-order valence-corrected chi connectivity index (χ1v) is 18.5. The van der Waals surface area contributed by atoms with Gasteiger partial charge in [0, 0.05) is 11.4 Å². The van der Waals surface area contributed by atoms with Crippen molar-refractivity contribution in [1.29, 1.82) is 0 Å². The summed E-state index contributed by atoms with van der Waals surface area (Å²) >= 11 is 0. The van der Waals surface area contributed by atoms with Gasteiger partial charge in [0.2, 0.25) is 0 Å². The van der Waals surface area contributed by atoms with Crippen LogP contribution in [0.3, 0.4) is 0 Å². The van der Waals surface area contributed by atoms with E-state index in [2.05, 4.69) is 211 Å². The van der Waals surface area contributed by atoms with Gasteiger partial charge >= 0.3 is 0 Å². The van der Waals surface area contributed by atoms with Gasteiger partial charge in [0.15, 0.2) is 0 Å². The van der Waals surface area contributed by atoms with Gasteiger partial charge in [0.1, 0.15) is 0 Å². The number of anilines is 1. The van der Waals surface area contributed by atoms with Crippen LogP contribution < -0.4 is 4.90 Å². The van der Waals surface area contributed by atoms with E-state index in [0.717, 1.165) is 6.42 Å². The molecule has 0 N–H and O–H groups in total. The molecule has 0 bridgehead atoms. The fourth-order valence-corrected chi connectivity index (χ4v) is 8.49. The van der Waals surface area contributed by atoms with Crippen molar-refractivity contribution in [3.05, 3.63) is 217 Å². The van der Waals surface area contributed by atoms with Gasteiger partial charge < -0.3 is 4.90 Å². The Hall–Kier alpha value is -6.70. The Kier molecular flexibility index (Phi) is 7.69. The normalized spacial score (nSPS) is 14.2. The van der Waals surface area contributed by atoms with E-state index in [-0.39, 0.29) is 6.04 Å². The third-order valence-electron chi connectivity index (χ3n) is 10.9. The average molecular weight is 676 g/mol. The molecule has 0 aliphatic carbocycles. The van der Waals surface area contributed by atoms with Crippen molar-refractivity contribution in [3.63, 3.8) is 0 Å². The zero-order chi connectivity index (χ0) is 35.1. The summed E-state index contributed by atoms with van der Waals surface area (Å²) in [6, 6.07) is 73.5. The van der Waals surface area contributed by atoms with Crippen LogP contribution in [0.1, 0.15) is 23.6 Å². The fourth-order valence-electron chi connectivity index (χ4n) is 8.49. The number of hydrogen-bond acceptors (Lipinski definition) is 1. The molecule has 1 nitrogen and oxygen atoms in total. The zero-order valence-corrected chi connectivity index (χ0v) is 29.4. The van der Waals surface area contributed by atoms with Crippen LogP contribution in [0, 0.1) is 0 Å². The van der Waals surface area contributed by atoms with Gasteiger partial charge in [-0.15, -0.1) is 0 Å². The van der Waals surface area contributed by atoms with E-state index in [1.165, 1.54) is 88.2 Å². The van der Waals surface area contributed by atoms with Crippen LogP contribution in [0.2, 0.25) is 0 Å². The summed E-state index contributed by atoms with van der Waals surface area (Å²) in [5, 5.41) is 7.55. The standard InChI is InChI=1S/C52H37N/c1-5-15-36(16-6-1)49-31-32-50(37-17-7-2-8-18-37)53(49)44-29-27-41-33-40(25-26-42(41)34-44)43-28-30-47-48(35-43)52(39-21-11-4-12-22-39)46-24-14-13-23-45(46)51(47)38-19-9-3-10-20-38/h1-31,33-35,50H,32H2. The van der Waals surface area contributed by atoms with Crippen molar-refractivity contribution in [2.45, 2.75) is 12.5 Å². The lowest BCUT2D eigenvalue weighted by atomic mass is 9.85. The highest BCUT2D eigenvalue weighted by Gasteiger charge is 2.29. The average Bonchev–Trinajstić information content (AvgIpc) is 3.69. The second-order valence-corrected chi connectivity index (χ2v) is 14.0. The van der Waals surface area contributed by atoms with Gasteiger partial charge in [-0.1, -0.05) is 182 Å². The van der Waals surface area contributed by atoms with E-state index in [0.29, 0.717) is 0 Å². The molecule has 1 aliphatic heterocycles. The quantitative estimate of drug-likeness (QED) is 0.159. The van der Waals surface area contributed by atoms with E-state index in [4.69, 9.17) is 0 Å². The van der Waals surface area contributed by atoms with Gasteiger partial charge in [0.05, 0.1) is 6.04 Å². The van der Waals surface area contributed by atoms with Crippen molar-refractivity contribution < 1.29 is 0 Å². The predicted molar refractivity (Wildman–Crippen MR) is 226 cm³/mol. The zero-order valence-electron chi connectivity index (χ0n) is 29.4. The van der Waals surface area contributed by atoms with E-state index in [9.17, 15) is 0 Å². The molecule has 9 aromatic rings. The molecule has 0 spiro atoms. The lowest BCUT2D eigenvalue weighted by molar-refractivity contribution is 0.749. The molecule has 0 saturated carbocycles. The van der Waals surface area contributed by atoms with Crippen molar-refractivity contribution in [1.82, 2.24) is 0 Å². The maximum absolute atomic E-state index is 2.53. The Morgan fingerprint density at radius 3 is 1.51 bits per heavy atom. The predicted octanol–water partition coefficient (Wildman–Crippen LogP) is 14.1. The molecule has 1 heterocycles. The SMILES string of the molecule is C1=C(c2ccccc2)N(c2ccc3cc(-c4ccc5c(-c6ccccc6)c6ccccc6c(-c6ccccc6)c5c4)ccc3c2)C(c2ccccc2)C1. The molecule has 1 unspecified atom stereocenters. The second kappa shape index (κ2) is 13.1. The maximum Gasteiger partial charge on any atom is 0.0626 e. The van der Waals surface area contributed by atoms with E-state index < -0.39 is 0 Å². The lowest BCUT2D eigenvalue weighted by Crippen LogP contribution is -2.22. The molecule has 53 heavy (non-hydrogen) atoms. The largest absolute Gasteiger partial charge is 0.333 e. The van der Waals surface area contributed by atoms with Crippen LogP contribution in [0.4, 0.5) is 5.69 Å². The van der Waals surface area contributed by atoms with E-state index >= 15 is 0 Å². The first-order chi connectivity index (χ1) is 26.3. The summed E-state index contributed by atoms with van der Waals surface area (Å²) in [6.07, 6.45) is 3.37. The van der Waals surface area contributed by atoms with Crippen LogP contribution in [0.5, 0.6) is 0 Å². The summed E-state index contributed by atoms with van der Waals surface area (Å²) in [5.74, 6) is 0. The first kappa shape index (κ1) is 31.1. The van der Waals surface area contributed by atoms with Crippen molar-refractivity contribution in [2.75, 3.05) is 4.90 Å². The Balaban J connectivity index is 1.11. The lowest BCUT2D eigenvalue weighted by Gasteiger charge is -2.31. The maximum atomic E-state index is 2.53. The van der Waals surface area contributed by atoms with Crippen LogP contribution >= 0.6 is 0 Å². The Bertz CT molecular complexity index is 2780. The summed E-state index contributed by atoms with van der Waals surface area (Å²) in [4.78, 5) is 2.53. The number of fused-ring (bicyclic) bond motifs is 3. The second-order valence-electron chi connectivity index (χ2n) is 14.0. The summed E-state index contributed by atoms with van der Waals surface area (Å²) in [5.41, 5.74) is 12.5. The van der Waals surface area contributed by atoms with Crippen molar-refractivity contribution >= 4 is 43.7 Å². The van der Waals surface area contributed by atoms with Crippen molar-refractivity contribution in [3.8, 4) is 33.4 Å². The molecule has 10 rings (SSSR count). The molecule has 9 aromatic carbocycles. The minimum absolute atomic E-state index is 0.247. The van der Waals surface area contributed by atoms with Gasteiger partial charge in [-0.3, -0.25) is 0 Å². The van der Waals surface area contributed by atoms with Gasteiger partial charge in [-0.2, -0.15) is 0 Å². The Morgan fingerprint density at radius 2 is 0.849 bits per heavy atom. The Morgan fingerprint density at radius 1 is 0.358 bits per heavy atom. The van der Waals surface area contributed by atoms with Gasteiger partial charge in [-0.05, 0) is 108 Å². The molecule has 1 heteroatoms. The molecule has 0 radical (unpaired) electrons. The summed E-state index contributed by atoms with van der Waals surface area (Å²) < 4.78 is 0. The monoisotopic (exact) mass is 675 g/mol. The van der Waals surface area contributed by atoms with Crippen LogP contribution in [-0.4, -0.2) is 0 Å². The first-order valence-electron chi connectivity index (χ1n) is 18.5. The highest BCUT2D eigenvalue weighted by molar-refractivity contribution is 6.22. The minimum Gasteiger partial charge on any atom is -0.333 e. The molecule has 1 aliphatic rings.